The number of Topliss-reactive ketones (excluding diaryl/α,β-unsaturated/α-hetero) is 1. The van der Waals surface area contributed by atoms with Gasteiger partial charge in [0.25, 0.3) is 0 Å². The van der Waals surface area contributed by atoms with Crippen molar-refractivity contribution in [3.8, 4) is 0 Å². The van der Waals surface area contributed by atoms with Gasteiger partial charge < -0.3 is 18.9 Å². The van der Waals surface area contributed by atoms with Crippen LogP contribution in [0.3, 0.4) is 0 Å². The number of hydrogen-bond donors (Lipinski definition) is 0. The highest BCUT2D eigenvalue weighted by Gasteiger charge is 2.44. The molecule has 130 valence electrons. The first-order valence-electron chi connectivity index (χ1n) is 8.45. The fraction of sp³-hybridized carbons (Fsp3) is 0.350. The lowest BCUT2D eigenvalue weighted by atomic mass is 10.0. The van der Waals surface area contributed by atoms with Crippen LogP contribution in [0.4, 0.5) is 0 Å². The van der Waals surface area contributed by atoms with Crippen LogP contribution in [0.15, 0.2) is 60.7 Å². The molecule has 2 heterocycles. The summed E-state index contributed by atoms with van der Waals surface area (Å²) in [6, 6.07) is 19.4. The van der Waals surface area contributed by atoms with E-state index in [9.17, 15) is 4.79 Å². The molecule has 0 amide bonds. The van der Waals surface area contributed by atoms with E-state index >= 15 is 0 Å². The van der Waals surface area contributed by atoms with Gasteiger partial charge in [-0.15, -0.1) is 0 Å². The zero-order valence-electron chi connectivity index (χ0n) is 13.7. The first-order chi connectivity index (χ1) is 12.3. The Bertz CT molecular complexity index is 703. The second-order valence-corrected chi connectivity index (χ2v) is 6.20. The average Bonchev–Trinajstić information content (AvgIpc) is 2.68. The summed E-state index contributed by atoms with van der Waals surface area (Å²) < 4.78 is 23.2. The van der Waals surface area contributed by atoms with Gasteiger partial charge in [0, 0.05) is 5.56 Å². The average molecular weight is 340 g/mol. The molecule has 0 radical (unpaired) electrons. The van der Waals surface area contributed by atoms with Crippen molar-refractivity contribution in [2.24, 2.45) is 0 Å². The van der Waals surface area contributed by atoms with Crippen molar-refractivity contribution in [3.05, 3.63) is 71.8 Å². The third-order valence-electron chi connectivity index (χ3n) is 4.38. The minimum absolute atomic E-state index is 0.00135. The second-order valence-electron chi connectivity index (χ2n) is 6.20. The van der Waals surface area contributed by atoms with E-state index < -0.39 is 24.8 Å². The number of ether oxygens (including phenoxy) is 4. The maximum absolute atomic E-state index is 12.5. The molecule has 0 saturated carbocycles. The number of carbonyl (C=O) groups excluding carboxylic acids is 1. The van der Waals surface area contributed by atoms with E-state index in [1.54, 1.807) is 0 Å². The van der Waals surface area contributed by atoms with Gasteiger partial charge in [-0.3, -0.25) is 4.79 Å². The van der Waals surface area contributed by atoms with Crippen molar-refractivity contribution in [2.75, 3.05) is 6.61 Å². The van der Waals surface area contributed by atoms with Gasteiger partial charge in [-0.1, -0.05) is 60.7 Å². The molecule has 0 aromatic heterocycles. The van der Waals surface area contributed by atoms with Crippen molar-refractivity contribution in [1.29, 1.82) is 0 Å². The molecule has 0 spiro atoms. The number of fused-ring (bicyclic) bond motifs is 1. The van der Waals surface area contributed by atoms with Gasteiger partial charge in [0.05, 0.1) is 19.6 Å². The molecule has 2 aromatic rings. The fourth-order valence-corrected chi connectivity index (χ4v) is 3.09. The van der Waals surface area contributed by atoms with Crippen LogP contribution in [0.25, 0.3) is 0 Å². The Morgan fingerprint density at radius 3 is 2.44 bits per heavy atom. The summed E-state index contributed by atoms with van der Waals surface area (Å²) in [6.45, 7) is 0.714. The predicted octanol–water partition coefficient (Wildman–Crippen LogP) is 3.00. The predicted molar refractivity (Wildman–Crippen MR) is 89.5 cm³/mol. The van der Waals surface area contributed by atoms with Crippen LogP contribution in [-0.4, -0.2) is 30.9 Å². The molecule has 0 N–H and O–H groups in total. The maximum atomic E-state index is 12.5. The first-order valence-corrected chi connectivity index (χ1v) is 8.45. The normalized spacial score (nSPS) is 29.2. The number of carbonyl (C=O) groups is 1. The van der Waals surface area contributed by atoms with E-state index in [4.69, 9.17) is 18.9 Å². The number of rotatable bonds is 4. The SMILES string of the molecule is O=C1CC(OCc2ccccc2)OC2COC(c3ccccc3)OC12. The molecule has 2 saturated heterocycles. The van der Waals surface area contributed by atoms with Gasteiger partial charge in [0.15, 0.2) is 18.4 Å². The van der Waals surface area contributed by atoms with E-state index in [0.717, 1.165) is 11.1 Å². The van der Waals surface area contributed by atoms with Gasteiger partial charge in [-0.05, 0) is 5.56 Å². The minimum Gasteiger partial charge on any atom is -0.348 e. The van der Waals surface area contributed by atoms with E-state index in [2.05, 4.69) is 0 Å². The lowest BCUT2D eigenvalue weighted by molar-refractivity contribution is -0.303. The molecule has 2 aromatic carbocycles. The largest absolute Gasteiger partial charge is 0.348 e. The van der Waals surface area contributed by atoms with Crippen molar-refractivity contribution in [3.63, 3.8) is 0 Å². The summed E-state index contributed by atoms with van der Waals surface area (Å²) in [5, 5.41) is 0. The monoisotopic (exact) mass is 340 g/mol. The van der Waals surface area contributed by atoms with Gasteiger partial charge in [-0.2, -0.15) is 0 Å². The maximum Gasteiger partial charge on any atom is 0.184 e. The molecular formula is C20H20O5. The number of ketones is 1. The van der Waals surface area contributed by atoms with Crippen LogP contribution in [0.5, 0.6) is 0 Å². The quantitative estimate of drug-likeness (QED) is 0.856. The molecule has 4 unspecified atom stereocenters. The number of benzene rings is 2. The smallest absolute Gasteiger partial charge is 0.184 e. The molecule has 5 nitrogen and oxygen atoms in total. The summed E-state index contributed by atoms with van der Waals surface area (Å²) >= 11 is 0. The van der Waals surface area contributed by atoms with Crippen LogP contribution in [0.1, 0.15) is 23.8 Å². The van der Waals surface area contributed by atoms with Gasteiger partial charge >= 0.3 is 0 Å². The molecule has 2 fully saturated rings. The first kappa shape index (κ1) is 16.4. The van der Waals surface area contributed by atoms with Gasteiger partial charge in [0.1, 0.15) is 12.2 Å². The molecule has 0 aliphatic carbocycles. The third kappa shape index (κ3) is 3.80. The minimum atomic E-state index is -0.601. The highest BCUT2D eigenvalue weighted by Crippen LogP contribution is 2.32. The Balaban J connectivity index is 1.36. The van der Waals surface area contributed by atoms with Crippen LogP contribution >= 0.6 is 0 Å². The highest BCUT2D eigenvalue weighted by molar-refractivity contribution is 5.84. The molecular weight excluding hydrogens is 320 g/mol. The fourth-order valence-electron chi connectivity index (χ4n) is 3.09. The van der Waals surface area contributed by atoms with Crippen LogP contribution in [0.2, 0.25) is 0 Å². The number of hydrogen-bond acceptors (Lipinski definition) is 5. The summed E-state index contributed by atoms with van der Waals surface area (Å²) in [4.78, 5) is 12.5. The van der Waals surface area contributed by atoms with Crippen molar-refractivity contribution < 1.29 is 23.7 Å². The standard InChI is InChI=1S/C20H20O5/c21-16-11-18(22-12-14-7-3-1-4-8-14)24-17-13-23-20(25-19(16)17)15-9-5-2-6-10-15/h1-10,17-20H,11-13H2. The van der Waals surface area contributed by atoms with Gasteiger partial charge in [0.2, 0.25) is 0 Å². The van der Waals surface area contributed by atoms with E-state index in [-0.39, 0.29) is 12.2 Å². The molecule has 4 atom stereocenters. The highest BCUT2D eigenvalue weighted by atomic mass is 16.7. The Kier molecular flexibility index (Phi) is 4.90. The topological polar surface area (TPSA) is 54.0 Å². The lowest BCUT2D eigenvalue weighted by Gasteiger charge is -2.40. The van der Waals surface area contributed by atoms with Gasteiger partial charge in [-0.25, -0.2) is 0 Å². The van der Waals surface area contributed by atoms with Crippen molar-refractivity contribution >= 4 is 5.78 Å². The summed E-state index contributed by atoms with van der Waals surface area (Å²) in [7, 11) is 0. The van der Waals surface area contributed by atoms with Crippen LogP contribution < -0.4 is 0 Å². The van der Waals surface area contributed by atoms with E-state index in [1.165, 1.54) is 0 Å². The zero-order chi connectivity index (χ0) is 17.1. The summed E-state index contributed by atoms with van der Waals surface area (Å²) in [6.07, 6.45) is -1.93. The van der Waals surface area contributed by atoms with Crippen LogP contribution in [-0.2, 0) is 30.3 Å². The molecule has 2 aliphatic heterocycles. The molecule has 4 rings (SSSR count). The van der Waals surface area contributed by atoms with Crippen molar-refractivity contribution in [1.82, 2.24) is 0 Å². The van der Waals surface area contributed by atoms with Crippen LogP contribution in [0, 0.1) is 0 Å². The Hall–Kier alpha value is -2.05. The van der Waals surface area contributed by atoms with E-state index in [1.807, 2.05) is 60.7 Å². The third-order valence-corrected chi connectivity index (χ3v) is 4.38. The van der Waals surface area contributed by atoms with E-state index in [0.29, 0.717) is 13.2 Å². The Morgan fingerprint density at radius 1 is 0.960 bits per heavy atom. The molecule has 2 aliphatic rings. The van der Waals surface area contributed by atoms with Crippen molar-refractivity contribution in [2.45, 2.75) is 37.8 Å². The summed E-state index contributed by atoms with van der Waals surface area (Å²) in [5.74, 6) is -0.00135. The molecule has 5 heteroatoms. The molecule has 0 bridgehead atoms. The molecule has 25 heavy (non-hydrogen) atoms. The lowest BCUT2D eigenvalue weighted by Crippen LogP contribution is -2.53. The zero-order valence-corrected chi connectivity index (χ0v) is 13.7. The summed E-state index contributed by atoms with van der Waals surface area (Å²) in [5.41, 5.74) is 1.94. The second kappa shape index (κ2) is 7.45. The Morgan fingerprint density at radius 2 is 1.68 bits per heavy atom. The Labute approximate surface area is 146 Å².